The summed E-state index contributed by atoms with van der Waals surface area (Å²) in [5.41, 5.74) is 4.72. The molecule has 2 aliphatic rings. The number of likely N-dealkylation sites (tertiary alicyclic amines) is 1. The zero-order valence-electron chi connectivity index (χ0n) is 16.0. The Balaban J connectivity index is 1.58. The van der Waals surface area contributed by atoms with Crippen molar-refractivity contribution in [3.63, 3.8) is 0 Å². The minimum absolute atomic E-state index is 0.130. The number of nitrogens with zero attached hydrogens (tertiary/aromatic N) is 3. The lowest BCUT2D eigenvalue weighted by Gasteiger charge is -2.42. The van der Waals surface area contributed by atoms with Crippen molar-refractivity contribution in [3.8, 4) is 17.0 Å². The molecule has 0 radical (unpaired) electrons. The van der Waals surface area contributed by atoms with Crippen LogP contribution in [0, 0.1) is 0 Å². The van der Waals surface area contributed by atoms with Crippen molar-refractivity contribution in [1.29, 1.82) is 0 Å². The van der Waals surface area contributed by atoms with Crippen LogP contribution in [0.25, 0.3) is 11.3 Å². The fourth-order valence-corrected chi connectivity index (χ4v) is 4.25. The highest BCUT2D eigenvalue weighted by molar-refractivity contribution is 5.71. The SMILES string of the molecule is Cn1cc2c(n1)-c1cc(C3CCN(C(C)(C)CO)CC3)ccc1OCC2. The van der Waals surface area contributed by atoms with Crippen LogP contribution in [-0.4, -0.2) is 51.6 Å². The highest BCUT2D eigenvalue weighted by Gasteiger charge is 2.31. The summed E-state index contributed by atoms with van der Waals surface area (Å²) in [5, 5.41) is 14.3. The van der Waals surface area contributed by atoms with Crippen molar-refractivity contribution < 1.29 is 9.84 Å². The highest BCUT2D eigenvalue weighted by atomic mass is 16.5. The molecule has 0 saturated carbocycles. The van der Waals surface area contributed by atoms with Crippen molar-refractivity contribution in [2.75, 3.05) is 26.3 Å². The van der Waals surface area contributed by atoms with Crippen molar-refractivity contribution in [2.24, 2.45) is 7.05 Å². The van der Waals surface area contributed by atoms with Gasteiger partial charge in [-0.15, -0.1) is 0 Å². The first kappa shape index (κ1) is 17.6. The maximum Gasteiger partial charge on any atom is 0.128 e. The monoisotopic (exact) mass is 355 g/mol. The molecule has 1 fully saturated rings. The molecule has 1 saturated heterocycles. The summed E-state index contributed by atoms with van der Waals surface area (Å²) < 4.78 is 7.87. The molecule has 0 bridgehead atoms. The molecule has 0 amide bonds. The first-order chi connectivity index (χ1) is 12.5. The normalized spacial score (nSPS) is 18.8. The van der Waals surface area contributed by atoms with Gasteiger partial charge in [-0.2, -0.15) is 5.10 Å². The summed E-state index contributed by atoms with van der Waals surface area (Å²) in [6, 6.07) is 6.65. The lowest BCUT2D eigenvalue weighted by Crippen LogP contribution is -2.50. The maximum atomic E-state index is 9.62. The standard InChI is InChI=1S/C21H29N3O2/c1-21(2,14-25)24-9-6-15(7-10-24)16-4-5-19-18(12-16)20-17(8-11-26-19)13-23(3)22-20/h4-5,12-13,15,25H,6-11,14H2,1-3H3. The second-order valence-electron chi connectivity index (χ2n) is 8.26. The topological polar surface area (TPSA) is 50.5 Å². The van der Waals surface area contributed by atoms with E-state index in [1.165, 1.54) is 11.1 Å². The lowest BCUT2D eigenvalue weighted by molar-refractivity contribution is 0.0379. The molecule has 3 heterocycles. The Morgan fingerprint density at radius 1 is 1.27 bits per heavy atom. The molecule has 5 nitrogen and oxygen atoms in total. The molecule has 1 aromatic heterocycles. The molecule has 0 atom stereocenters. The van der Waals surface area contributed by atoms with E-state index in [1.54, 1.807) is 0 Å². The Morgan fingerprint density at radius 2 is 2.04 bits per heavy atom. The number of fused-ring (bicyclic) bond motifs is 3. The Morgan fingerprint density at radius 3 is 2.77 bits per heavy atom. The van der Waals surface area contributed by atoms with Gasteiger partial charge in [0, 0.05) is 36.3 Å². The van der Waals surface area contributed by atoms with Crippen LogP contribution in [-0.2, 0) is 13.5 Å². The van der Waals surface area contributed by atoms with Crippen molar-refractivity contribution in [1.82, 2.24) is 14.7 Å². The third-order valence-corrected chi connectivity index (χ3v) is 6.00. The molecule has 1 N–H and O–H groups in total. The van der Waals surface area contributed by atoms with Gasteiger partial charge in [-0.05, 0) is 63.4 Å². The van der Waals surface area contributed by atoms with Crippen LogP contribution in [0.2, 0.25) is 0 Å². The predicted octanol–water partition coefficient (Wildman–Crippen LogP) is 2.97. The molecule has 0 unspecified atom stereocenters. The number of aromatic nitrogens is 2. The second kappa shape index (κ2) is 6.71. The third kappa shape index (κ3) is 3.14. The van der Waals surface area contributed by atoms with Crippen LogP contribution in [0.3, 0.4) is 0 Å². The first-order valence-electron chi connectivity index (χ1n) is 9.63. The lowest BCUT2D eigenvalue weighted by atomic mass is 9.86. The summed E-state index contributed by atoms with van der Waals surface area (Å²) in [6.45, 7) is 7.21. The van der Waals surface area contributed by atoms with Crippen LogP contribution in [0.5, 0.6) is 5.75 Å². The average molecular weight is 355 g/mol. The molecule has 2 aromatic rings. The molecule has 4 rings (SSSR count). The summed E-state index contributed by atoms with van der Waals surface area (Å²) in [6.07, 6.45) is 5.26. The minimum atomic E-state index is -0.130. The van der Waals surface area contributed by atoms with Crippen LogP contribution in [0.15, 0.2) is 24.4 Å². The van der Waals surface area contributed by atoms with Crippen LogP contribution in [0.4, 0.5) is 0 Å². The Bertz CT molecular complexity index is 789. The van der Waals surface area contributed by atoms with E-state index in [2.05, 4.69) is 43.1 Å². The van der Waals surface area contributed by atoms with Gasteiger partial charge in [-0.1, -0.05) is 6.07 Å². The Kier molecular flexibility index (Phi) is 4.53. The summed E-state index contributed by atoms with van der Waals surface area (Å²) in [5.74, 6) is 1.51. The highest BCUT2D eigenvalue weighted by Crippen LogP contribution is 2.39. The smallest absolute Gasteiger partial charge is 0.128 e. The number of ether oxygens (including phenoxy) is 1. The molecule has 26 heavy (non-hydrogen) atoms. The van der Waals surface area contributed by atoms with Gasteiger partial charge in [0.25, 0.3) is 0 Å². The van der Waals surface area contributed by atoms with Crippen LogP contribution < -0.4 is 4.74 Å². The molecule has 0 spiro atoms. The third-order valence-electron chi connectivity index (χ3n) is 6.00. The Labute approximate surface area is 155 Å². The molecular weight excluding hydrogens is 326 g/mol. The van der Waals surface area contributed by atoms with E-state index in [4.69, 9.17) is 9.84 Å². The zero-order valence-corrected chi connectivity index (χ0v) is 16.0. The van der Waals surface area contributed by atoms with E-state index in [1.807, 2.05) is 11.7 Å². The Hall–Kier alpha value is -1.85. The van der Waals surface area contributed by atoms with Gasteiger partial charge in [-0.3, -0.25) is 9.58 Å². The molecule has 0 aliphatic carbocycles. The van der Waals surface area contributed by atoms with E-state index >= 15 is 0 Å². The summed E-state index contributed by atoms with van der Waals surface area (Å²) in [7, 11) is 1.98. The fraction of sp³-hybridized carbons (Fsp3) is 0.571. The molecular formula is C21H29N3O2. The quantitative estimate of drug-likeness (QED) is 0.920. The zero-order chi connectivity index (χ0) is 18.3. The van der Waals surface area contributed by atoms with Gasteiger partial charge < -0.3 is 9.84 Å². The molecule has 1 aromatic carbocycles. The van der Waals surface area contributed by atoms with E-state index < -0.39 is 0 Å². The minimum Gasteiger partial charge on any atom is -0.493 e. The van der Waals surface area contributed by atoms with E-state index in [0.29, 0.717) is 12.5 Å². The van der Waals surface area contributed by atoms with Crippen molar-refractivity contribution in [3.05, 3.63) is 35.5 Å². The van der Waals surface area contributed by atoms with Gasteiger partial charge in [0.1, 0.15) is 5.75 Å². The van der Waals surface area contributed by atoms with Crippen molar-refractivity contribution in [2.45, 2.75) is 44.6 Å². The van der Waals surface area contributed by atoms with E-state index in [9.17, 15) is 5.11 Å². The summed E-state index contributed by atoms with van der Waals surface area (Å²) in [4.78, 5) is 2.41. The summed E-state index contributed by atoms with van der Waals surface area (Å²) >= 11 is 0. The molecule has 140 valence electrons. The fourth-order valence-electron chi connectivity index (χ4n) is 4.25. The number of hydrogen-bond acceptors (Lipinski definition) is 4. The first-order valence-corrected chi connectivity index (χ1v) is 9.63. The number of aliphatic hydroxyl groups excluding tert-OH is 1. The number of rotatable bonds is 3. The molecule has 5 heteroatoms. The van der Waals surface area contributed by atoms with Crippen LogP contribution >= 0.6 is 0 Å². The van der Waals surface area contributed by atoms with E-state index in [-0.39, 0.29) is 12.1 Å². The average Bonchev–Trinajstić information content (AvgIpc) is 2.94. The van der Waals surface area contributed by atoms with E-state index in [0.717, 1.165) is 49.4 Å². The predicted molar refractivity (Wildman–Crippen MR) is 103 cm³/mol. The van der Waals surface area contributed by atoms with Gasteiger partial charge in [-0.25, -0.2) is 0 Å². The number of hydrogen-bond donors (Lipinski definition) is 1. The second-order valence-corrected chi connectivity index (χ2v) is 8.26. The van der Waals surface area contributed by atoms with Gasteiger partial charge in [0.2, 0.25) is 0 Å². The number of aryl methyl sites for hydroxylation is 1. The largest absolute Gasteiger partial charge is 0.493 e. The molecule has 2 aliphatic heterocycles. The van der Waals surface area contributed by atoms with Gasteiger partial charge >= 0.3 is 0 Å². The number of aliphatic hydroxyl groups is 1. The number of benzene rings is 1. The van der Waals surface area contributed by atoms with Crippen LogP contribution in [0.1, 0.15) is 43.7 Å². The van der Waals surface area contributed by atoms with Crippen molar-refractivity contribution >= 4 is 0 Å². The number of piperidine rings is 1. The van der Waals surface area contributed by atoms with Gasteiger partial charge in [0.05, 0.1) is 18.9 Å². The van der Waals surface area contributed by atoms with Gasteiger partial charge in [0.15, 0.2) is 0 Å². The maximum absolute atomic E-state index is 9.62.